The topological polar surface area (TPSA) is 93.8 Å². The minimum atomic E-state index is -3.73. The molecule has 1 atom stereocenters. The summed E-state index contributed by atoms with van der Waals surface area (Å²) in [6.07, 6.45) is 0.716. The summed E-state index contributed by atoms with van der Waals surface area (Å²) < 4.78 is 26.2. The summed E-state index contributed by atoms with van der Waals surface area (Å²) in [7, 11) is -3.73. The third-order valence-electron chi connectivity index (χ3n) is 2.30. The largest absolute Gasteiger partial charge is 0.232 e. The summed E-state index contributed by atoms with van der Waals surface area (Å²) in [5, 5.41) is 16.1. The first-order valence-corrected chi connectivity index (χ1v) is 6.96. The van der Waals surface area contributed by atoms with Crippen LogP contribution >= 0.6 is 0 Å². The van der Waals surface area contributed by atoms with E-state index >= 15 is 0 Å². The zero-order chi connectivity index (χ0) is 13.4. The molecule has 0 heterocycles. The van der Waals surface area contributed by atoms with E-state index in [2.05, 4.69) is 4.72 Å². The molecule has 0 saturated carbocycles. The van der Waals surface area contributed by atoms with Crippen molar-refractivity contribution in [3.63, 3.8) is 0 Å². The van der Waals surface area contributed by atoms with Gasteiger partial charge >= 0.3 is 0 Å². The fourth-order valence-corrected chi connectivity index (χ4v) is 2.67. The van der Waals surface area contributed by atoms with E-state index in [9.17, 15) is 8.42 Å². The molecule has 6 heteroatoms. The molecule has 1 aromatic carbocycles. The van der Waals surface area contributed by atoms with E-state index < -0.39 is 15.3 Å². The number of unbranched alkanes of at least 4 members (excludes halogenated alkanes) is 1. The molecule has 0 aliphatic rings. The molecule has 1 aromatic rings. The van der Waals surface area contributed by atoms with Gasteiger partial charge in [-0.15, -0.1) is 0 Å². The maximum absolute atomic E-state index is 11.9. The Labute approximate surface area is 107 Å². The van der Waals surface area contributed by atoms with Gasteiger partial charge in [-0.25, -0.2) is 13.1 Å². The van der Waals surface area contributed by atoms with Crippen molar-refractivity contribution in [3.8, 4) is 12.1 Å². The fourth-order valence-electron chi connectivity index (χ4n) is 1.42. The van der Waals surface area contributed by atoms with Crippen LogP contribution in [0.4, 0.5) is 0 Å². The predicted octanol–water partition coefficient (Wildman–Crippen LogP) is 1.47. The van der Waals surface area contributed by atoms with E-state index in [1.165, 1.54) is 0 Å². The molecule has 0 aliphatic heterocycles. The van der Waals surface area contributed by atoms with Crippen molar-refractivity contribution in [2.75, 3.05) is 6.54 Å². The first-order valence-electron chi connectivity index (χ1n) is 5.42. The Balaban J connectivity index is 2.77. The molecular weight excluding hydrogens is 250 g/mol. The molecule has 0 radical (unpaired) electrons. The van der Waals surface area contributed by atoms with E-state index in [0.717, 1.165) is 0 Å². The normalized spacial score (nSPS) is 12.3. The van der Waals surface area contributed by atoms with Gasteiger partial charge in [-0.3, -0.25) is 0 Å². The summed E-state index contributed by atoms with van der Waals surface area (Å²) in [5.41, 5.74) is 0.438. The van der Waals surface area contributed by atoms with Gasteiger partial charge in [-0.2, -0.15) is 10.5 Å². The molecule has 5 nitrogen and oxygen atoms in total. The number of rotatable bonds is 6. The second-order valence-corrected chi connectivity index (χ2v) is 5.47. The zero-order valence-electron chi connectivity index (χ0n) is 9.70. The van der Waals surface area contributed by atoms with E-state index in [-0.39, 0.29) is 13.0 Å². The maximum atomic E-state index is 11.9. The smallest absolute Gasteiger partial charge is 0.214 e. The van der Waals surface area contributed by atoms with E-state index in [4.69, 9.17) is 10.5 Å². The number of nitriles is 2. The van der Waals surface area contributed by atoms with Crippen molar-refractivity contribution >= 4 is 10.0 Å². The van der Waals surface area contributed by atoms with E-state index in [0.29, 0.717) is 12.0 Å². The molecule has 0 spiro atoms. The van der Waals surface area contributed by atoms with Crippen LogP contribution < -0.4 is 4.72 Å². The molecule has 0 bridgehead atoms. The molecule has 1 rings (SSSR count). The fraction of sp³-hybridized carbons (Fsp3) is 0.333. The Morgan fingerprint density at radius 1 is 1.22 bits per heavy atom. The molecule has 0 fully saturated rings. The molecular formula is C12H13N3O2S. The SMILES string of the molecule is N#CCCCNS(=O)(=O)C(C#N)c1ccccc1. The van der Waals surface area contributed by atoms with Crippen LogP contribution in [0.3, 0.4) is 0 Å². The number of benzene rings is 1. The van der Waals surface area contributed by atoms with Crippen LogP contribution in [0.1, 0.15) is 23.7 Å². The Kier molecular flexibility index (Phi) is 5.31. The average molecular weight is 263 g/mol. The summed E-state index contributed by atoms with van der Waals surface area (Å²) in [6, 6.07) is 12.0. The maximum Gasteiger partial charge on any atom is 0.232 e. The lowest BCUT2D eigenvalue weighted by Gasteiger charge is -2.11. The molecule has 0 aliphatic carbocycles. The lowest BCUT2D eigenvalue weighted by molar-refractivity contribution is 0.574. The van der Waals surface area contributed by atoms with Gasteiger partial charge < -0.3 is 0 Å². The minimum absolute atomic E-state index is 0.168. The second-order valence-electron chi connectivity index (χ2n) is 3.62. The van der Waals surface area contributed by atoms with Gasteiger partial charge in [0.2, 0.25) is 10.0 Å². The van der Waals surface area contributed by atoms with Gasteiger partial charge in [0.1, 0.15) is 0 Å². The zero-order valence-corrected chi connectivity index (χ0v) is 10.5. The monoisotopic (exact) mass is 263 g/mol. The number of nitrogens with one attached hydrogen (secondary N) is 1. The Hall–Kier alpha value is -1.89. The third kappa shape index (κ3) is 3.85. The lowest BCUT2D eigenvalue weighted by Crippen LogP contribution is -2.29. The molecule has 0 amide bonds. The van der Waals surface area contributed by atoms with Crippen LogP contribution in [0.2, 0.25) is 0 Å². The Morgan fingerprint density at radius 2 is 1.89 bits per heavy atom. The van der Waals surface area contributed by atoms with Gasteiger partial charge in [0, 0.05) is 13.0 Å². The summed E-state index contributed by atoms with van der Waals surface area (Å²) >= 11 is 0. The van der Waals surface area contributed by atoms with Crippen LogP contribution in [-0.2, 0) is 10.0 Å². The summed E-state index contributed by atoms with van der Waals surface area (Å²) in [5.74, 6) is 0. The minimum Gasteiger partial charge on any atom is -0.214 e. The summed E-state index contributed by atoms with van der Waals surface area (Å²) in [6.45, 7) is 0.168. The predicted molar refractivity (Wildman–Crippen MR) is 66.6 cm³/mol. The first kappa shape index (κ1) is 14.2. The third-order valence-corrected chi connectivity index (χ3v) is 3.90. The van der Waals surface area contributed by atoms with Gasteiger partial charge in [0.25, 0.3) is 0 Å². The molecule has 1 unspecified atom stereocenters. The van der Waals surface area contributed by atoms with Crippen molar-refractivity contribution in [1.82, 2.24) is 4.72 Å². The van der Waals surface area contributed by atoms with Crippen molar-refractivity contribution in [2.45, 2.75) is 18.1 Å². The molecule has 0 aromatic heterocycles. The average Bonchev–Trinajstić information content (AvgIpc) is 2.36. The van der Waals surface area contributed by atoms with Gasteiger partial charge in [0.05, 0.1) is 12.1 Å². The van der Waals surface area contributed by atoms with Crippen LogP contribution in [0.15, 0.2) is 30.3 Å². The number of sulfonamides is 1. The number of nitrogens with zero attached hydrogens (tertiary/aromatic N) is 2. The van der Waals surface area contributed by atoms with Gasteiger partial charge in [0.15, 0.2) is 5.25 Å². The number of hydrogen-bond donors (Lipinski definition) is 1. The van der Waals surface area contributed by atoms with Crippen molar-refractivity contribution < 1.29 is 8.42 Å². The van der Waals surface area contributed by atoms with Crippen LogP contribution in [0.25, 0.3) is 0 Å². The van der Waals surface area contributed by atoms with Crippen LogP contribution in [-0.4, -0.2) is 15.0 Å². The Morgan fingerprint density at radius 3 is 2.44 bits per heavy atom. The van der Waals surface area contributed by atoms with Gasteiger partial charge in [-0.1, -0.05) is 30.3 Å². The second kappa shape index (κ2) is 6.75. The van der Waals surface area contributed by atoms with Crippen molar-refractivity contribution in [1.29, 1.82) is 10.5 Å². The molecule has 94 valence electrons. The van der Waals surface area contributed by atoms with E-state index in [1.807, 2.05) is 6.07 Å². The van der Waals surface area contributed by atoms with E-state index in [1.54, 1.807) is 36.4 Å². The highest BCUT2D eigenvalue weighted by Crippen LogP contribution is 2.20. The standard InChI is InChI=1S/C12H13N3O2S/c13-8-4-5-9-15-18(16,17)12(10-14)11-6-2-1-3-7-11/h1-3,6-7,12,15H,4-5,9H2. The highest BCUT2D eigenvalue weighted by Gasteiger charge is 2.26. The summed E-state index contributed by atoms with van der Waals surface area (Å²) in [4.78, 5) is 0. The molecule has 18 heavy (non-hydrogen) atoms. The van der Waals surface area contributed by atoms with Crippen LogP contribution in [0, 0.1) is 22.7 Å². The Bertz CT molecular complexity index is 555. The molecule has 0 saturated heterocycles. The highest BCUT2D eigenvalue weighted by atomic mass is 32.2. The van der Waals surface area contributed by atoms with Crippen molar-refractivity contribution in [2.24, 2.45) is 0 Å². The number of hydrogen-bond acceptors (Lipinski definition) is 4. The quantitative estimate of drug-likeness (QED) is 0.786. The lowest BCUT2D eigenvalue weighted by atomic mass is 10.2. The van der Waals surface area contributed by atoms with Gasteiger partial charge in [-0.05, 0) is 12.0 Å². The highest BCUT2D eigenvalue weighted by molar-refractivity contribution is 7.90. The first-order chi connectivity index (χ1) is 8.61. The molecule has 1 N–H and O–H groups in total. The van der Waals surface area contributed by atoms with Crippen LogP contribution in [0.5, 0.6) is 0 Å². The van der Waals surface area contributed by atoms with Crippen molar-refractivity contribution in [3.05, 3.63) is 35.9 Å².